The number of anilines is 1. The van der Waals surface area contributed by atoms with Gasteiger partial charge >= 0.3 is 6.03 Å². The number of methoxy groups -OCH3 is 1. The molecule has 10 nitrogen and oxygen atoms in total. The van der Waals surface area contributed by atoms with Crippen LogP contribution in [0.5, 0.6) is 0 Å². The molecular formula is C31H42N6O4. The number of nitriles is 1. The molecule has 0 radical (unpaired) electrons. The maximum Gasteiger partial charge on any atom is 0.327 e. The second-order valence-electron chi connectivity index (χ2n) is 10.7. The van der Waals surface area contributed by atoms with E-state index in [4.69, 9.17) is 14.5 Å². The molecule has 3 aliphatic heterocycles. The number of piperidine rings is 1. The minimum Gasteiger partial charge on any atom is -0.383 e. The van der Waals surface area contributed by atoms with Crippen molar-refractivity contribution in [1.82, 2.24) is 20.5 Å². The molecule has 0 aromatic carbocycles. The smallest absolute Gasteiger partial charge is 0.327 e. The minimum absolute atomic E-state index is 0.284. The predicted octanol–water partition coefficient (Wildman–Crippen LogP) is 3.82. The van der Waals surface area contributed by atoms with Crippen molar-refractivity contribution in [2.45, 2.75) is 57.9 Å². The van der Waals surface area contributed by atoms with Crippen LogP contribution >= 0.6 is 0 Å². The van der Waals surface area contributed by atoms with Gasteiger partial charge in [0.1, 0.15) is 17.6 Å². The van der Waals surface area contributed by atoms with Crippen molar-refractivity contribution in [3.63, 3.8) is 0 Å². The molecule has 0 unspecified atom stereocenters. The Morgan fingerprint density at radius 2 is 2.07 bits per heavy atom. The van der Waals surface area contributed by atoms with Gasteiger partial charge in [0.05, 0.1) is 37.1 Å². The van der Waals surface area contributed by atoms with Crippen molar-refractivity contribution in [2.75, 3.05) is 58.0 Å². The van der Waals surface area contributed by atoms with Gasteiger partial charge in [0.15, 0.2) is 6.29 Å². The van der Waals surface area contributed by atoms with Gasteiger partial charge in [0.2, 0.25) is 0 Å². The summed E-state index contributed by atoms with van der Waals surface area (Å²) in [5.74, 6) is 0.834. The molecular weight excluding hydrogens is 520 g/mol. The lowest BCUT2D eigenvalue weighted by Gasteiger charge is -2.41. The van der Waals surface area contributed by atoms with Crippen molar-refractivity contribution < 1.29 is 19.1 Å². The van der Waals surface area contributed by atoms with E-state index in [0.717, 1.165) is 75.8 Å². The maximum absolute atomic E-state index is 13.4. The first-order valence-corrected chi connectivity index (χ1v) is 14.6. The number of allylic oxidation sites excluding steroid dienone is 5. The number of ether oxygens (including phenoxy) is 2. The molecule has 220 valence electrons. The number of fused-ring (bicyclic) bond motifs is 1. The average molecular weight is 563 g/mol. The van der Waals surface area contributed by atoms with Gasteiger partial charge in [-0.05, 0) is 87.4 Å². The largest absolute Gasteiger partial charge is 0.383 e. The predicted molar refractivity (Wildman–Crippen MR) is 158 cm³/mol. The fourth-order valence-corrected chi connectivity index (χ4v) is 5.58. The first-order chi connectivity index (χ1) is 20.0. The number of aldehydes is 1. The molecule has 41 heavy (non-hydrogen) atoms. The molecule has 2 fully saturated rings. The molecule has 0 aliphatic carbocycles. The zero-order valence-corrected chi connectivity index (χ0v) is 24.4. The molecule has 3 aliphatic rings. The van der Waals surface area contributed by atoms with Gasteiger partial charge in [0.25, 0.3) is 0 Å². The van der Waals surface area contributed by atoms with Crippen molar-refractivity contribution in [1.29, 1.82) is 5.26 Å². The average Bonchev–Trinajstić information content (AvgIpc) is 2.95. The summed E-state index contributed by atoms with van der Waals surface area (Å²) < 4.78 is 10.5. The summed E-state index contributed by atoms with van der Waals surface area (Å²) in [6.07, 6.45) is 10.7. The number of rotatable bonds is 11. The normalized spacial score (nSPS) is 19.3. The number of urea groups is 1. The molecule has 0 bridgehead atoms. The van der Waals surface area contributed by atoms with E-state index in [1.165, 1.54) is 0 Å². The molecule has 2 N–H and O–H groups in total. The van der Waals surface area contributed by atoms with E-state index in [0.29, 0.717) is 54.2 Å². The van der Waals surface area contributed by atoms with Gasteiger partial charge in [-0.3, -0.25) is 14.6 Å². The summed E-state index contributed by atoms with van der Waals surface area (Å²) >= 11 is 0. The maximum atomic E-state index is 13.4. The Labute approximate surface area is 243 Å². The second-order valence-corrected chi connectivity index (χ2v) is 10.7. The molecule has 4 heterocycles. The number of nitrogens with one attached hydrogen (secondary N) is 2. The Morgan fingerprint density at radius 3 is 2.71 bits per heavy atom. The third kappa shape index (κ3) is 7.61. The number of likely N-dealkylation sites (tertiary alicyclic amines) is 1. The number of carbonyl (C=O) groups excluding carboxylic acids is 2. The summed E-state index contributed by atoms with van der Waals surface area (Å²) in [5.41, 5.74) is 4.08. The molecule has 4 rings (SSSR count). The van der Waals surface area contributed by atoms with Gasteiger partial charge in [-0.2, -0.15) is 5.26 Å². The van der Waals surface area contributed by atoms with Crippen LogP contribution in [0, 0.1) is 11.3 Å². The zero-order valence-electron chi connectivity index (χ0n) is 24.4. The van der Waals surface area contributed by atoms with Gasteiger partial charge in [0, 0.05) is 25.9 Å². The number of amides is 2. The lowest BCUT2D eigenvalue weighted by atomic mass is 9.86. The van der Waals surface area contributed by atoms with Crippen molar-refractivity contribution in [3.8, 4) is 6.07 Å². The molecule has 10 heteroatoms. The van der Waals surface area contributed by atoms with Crippen molar-refractivity contribution >= 4 is 18.1 Å². The van der Waals surface area contributed by atoms with Crippen LogP contribution in [-0.4, -0.2) is 81.4 Å². The molecule has 0 spiro atoms. The highest BCUT2D eigenvalue weighted by Crippen LogP contribution is 2.35. The van der Waals surface area contributed by atoms with Crippen molar-refractivity contribution in [3.05, 3.63) is 58.1 Å². The number of hydrogen-bond donors (Lipinski definition) is 2. The standard InChI is InChI=1S/C31H42N6O4/c1-4-5-7-25(18-32)28(33-11-15-40-3)16-22(2)34-31(39)37-12-6-8-24-17-27(29(19-38)35-30(24)37)23-9-13-36(14-10-23)26-20-41-21-26/h5,7,16-17,19,23,26,33H,4,6,8-15,20-21H2,1-3H3,(H,34,39)/b7-5+,22-16+,28-25-. The van der Waals surface area contributed by atoms with Crippen LogP contribution in [0.15, 0.2) is 41.3 Å². The monoisotopic (exact) mass is 562 g/mol. The Kier molecular flexibility index (Phi) is 11.1. The van der Waals surface area contributed by atoms with Gasteiger partial charge in [-0.25, -0.2) is 9.78 Å². The molecule has 0 saturated carbocycles. The number of aryl methyl sites for hydroxylation is 1. The number of nitrogens with zero attached hydrogens (tertiary/aromatic N) is 4. The third-order valence-corrected chi connectivity index (χ3v) is 7.90. The van der Waals surface area contributed by atoms with Crippen molar-refractivity contribution in [2.24, 2.45) is 0 Å². The van der Waals surface area contributed by atoms with E-state index in [-0.39, 0.29) is 11.9 Å². The quantitative estimate of drug-likeness (QED) is 0.181. The van der Waals surface area contributed by atoms with Crippen LogP contribution in [0.1, 0.15) is 67.1 Å². The van der Waals surface area contributed by atoms with Gasteiger partial charge in [-0.1, -0.05) is 13.0 Å². The highest BCUT2D eigenvalue weighted by atomic mass is 16.5. The SMILES string of the molecule is CC/C=C/C(C#N)=C(\C=C(/C)NC(=O)N1CCCc2cc(C3CCN(C4COC4)CC3)c(C=O)nc21)NCCOC. The minimum atomic E-state index is -0.313. The van der Waals surface area contributed by atoms with Crippen LogP contribution in [0.3, 0.4) is 0 Å². The lowest BCUT2D eigenvalue weighted by molar-refractivity contribution is -0.0712. The Morgan fingerprint density at radius 1 is 1.29 bits per heavy atom. The van der Waals surface area contributed by atoms with E-state index < -0.39 is 0 Å². The zero-order chi connectivity index (χ0) is 29.2. The van der Waals surface area contributed by atoms with Crippen LogP contribution in [-0.2, 0) is 15.9 Å². The molecule has 2 saturated heterocycles. The fraction of sp³-hybridized carbons (Fsp3) is 0.548. The lowest BCUT2D eigenvalue weighted by Crippen LogP contribution is -2.51. The second kappa shape index (κ2) is 14.9. The molecule has 1 aromatic heterocycles. The number of hydrogen-bond acceptors (Lipinski definition) is 8. The summed E-state index contributed by atoms with van der Waals surface area (Å²) in [7, 11) is 1.62. The number of pyridine rings is 1. The highest BCUT2D eigenvalue weighted by molar-refractivity contribution is 5.94. The number of carbonyl (C=O) groups is 2. The van der Waals surface area contributed by atoms with Gasteiger partial charge in [-0.15, -0.1) is 0 Å². The molecule has 0 atom stereocenters. The van der Waals surface area contributed by atoms with E-state index in [1.54, 1.807) is 31.1 Å². The van der Waals surface area contributed by atoms with E-state index in [9.17, 15) is 14.9 Å². The van der Waals surface area contributed by atoms with E-state index in [2.05, 4.69) is 27.7 Å². The highest BCUT2D eigenvalue weighted by Gasteiger charge is 2.32. The first kappa shape index (κ1) is 30.4. The van der Waals surface area contributed by atoms with E-state index in [1.807, 2.05) is 13.0 Å². The summed E-state index contributed by atoms with van der Waals surface area (Å²) in [6.45, 7) is 8.91. The summed E-state index contributed by atoms with van der Waals surface area (Å²) in [6, 6.07) is 4.55. The third-order valence-electron chi connectivity index (χ3n) is 7.90. The number of aromatic nitrogens is 1. The van der Waals surface area contributed by atoms with Crippen LogP contribution < -0.4 is 15.5 Å². The molecule has 1 aromatic rings. The van der Waals surface area contributed by atoms with Gasteiger partial charge < -0.3 is 20.1 Å². The Bertz CT molecular complexity index is 1220. The topological polar surface area (TPSA) is 120 Å². The van der Waals surface area contributed by atoms with Crippen LogP contribution in [0.25, 0.3) is 0 Å². The summed E-state index contributed by atoms with van der Waals surface area (Å²) in [4.78, 5) is 34.5. The summed E-state index contributed by atoms with van der Waals surface area (Å²) in [5, 5.41) is 15.9. The van der Waals surface area contributed by atoms with Crippen LogP contribution in [0.2, 0.25) is 0 Å². The Hall–Kier alpha value is -3.52. The fourth-order valence-electron chi connectivity index (χ4n) is 5.58. The first-order valence-electron chi connectivity index (χ1n) is 14.6. The Balaban J connectivity index is 1.51. The molecule has 2 amide bonds. The van der Waals surface area contributed by atoms with E-state index >= 15 is 0 Å². The van der Waals surface area contributed by atoms with Crippen LogP contribution in [0.4, 0.5) is 10.6 Å².